The smallest absolute Gasteiger partial charge is 0.326 e. The average molecular weight is 486 g/mol. The van der Waals surface area contributed by atoms with Crippen LogP contribution < -0.4 is 16.2 Å². The zero-order chi connectivity index (χ0) is 26.5. The van der Waals surface area contributed by atoms with Gasteiger partial charge in [0.05, 0.1) is 16.8 Å². The summed E-state index contributed by atoms with van der Waals surface area (Å²) in [5.41, 5.74) is -1.06. The lowest BCUT2D eigenvalue weighted by Crippen LogP contribution is -2.33. The van der Waals surface area contributed by atoms with E-state index in [1.165, 1.54) is 18.3 Å². The van der Waals surface area contributed by atoms with Crippen LogP contribution in [0.1, 0.15) is 58.3 Å². The van der Waals surface area contributed by atoms with Crippen molar-refractivity contribution in [2.24, 2.45) is 0 Å². The van der Waals surface area contributed by atoms with E-state index in [0.29, 0.717) is 12.1 Å². The van der Waals surface area contributed by atoms with Crippen molar-refractivity contribution in [3.63, 3.8) is 0 Å². The predicted octanol–water partition coefficient (Wildman–Crippen LogP) is 3.63. The summed E-state index contributed by atoms with van der Waals surface area (Å²) in [5.74, 6) is -1.26. The maximum atomic E-state index is 13.2. The fourth-order valence-electron chi connectivity index (χ4n) is 3.07. The van der Waals surface area contributed by atoms with Crippen molar-refractivity contribution in [1.82, 2.24) is 14.9 Å². The second kappa shape index (κ2) is 10.9. The van der Waals surface area contributed by atoms with Gasteiger partial charge in [-0.25, -0.2) is 4.98 Å². The molecule has 1 aromatic carbocycles. The number of amides is 1. The highest BCUT2D eigenvalue weighted by atomic mass is 16.6. The maximum absolute atomic E-state index is 13.2. The Hall–Kier alpha value is -4.02. The van der Waals surface area contributed by atoms with E-state index in [-0.39, 0.29) is 34.4 Å². The number of carbonyl (C=O) groups is 2. The minimum Gasteiger partial charge on any atom is -0.459 e. The molecule has 2 aromatic rings. The Morgan fingerprint density at radius 3 is 2.46 bits per heavy atom. The zero-order valence-corrected chi connectivity index (χ0v) is 20.8. The Labute approximate surface area is 203 Å². The Balaban J connectivity index is 2.70. The largest absolute Gasteiger partial charge is 0.459 e. The first-order valence-corrected chi connectivity index (χ1v) is 11.1. The van der Waals surface area contributed by atoms with E-state index in [9.17, 15) is 24.5 Å². The molecule has 11 nitrogen and oxygen atoms in total. The normalized spacial score (nSPS) is 11.2. The lowest BCUT2D eigenvalue weighted by Gasteiger charge is -2.21. The lowest BCUT2D eigenvalue weighted by molar-refractivity contribution is -0.384. The fourth-order valence-corrected chi connectivity index (χ4v) is 3.07. The minimum absolute atomic E-state index is 0.00921. The summed E-state index contributed by atoms with van der Waals surface area (Å²) in [7, 11) is 0. The van der Waals surface area contributed by atoms with Crippen molar-refractivity contribution in [2.45, 2.75) is 66.2 Å². The van der Waals surface area contributed by atoms with Crippen molar-refractivity contribution in [3.8, 4) is 11.3 Å². The van der Waals surface area contributed by atoms with Crippen LogP contribution in [0.4, 0.5) is 11.5 Å². The van der Waals surface area contributed by atoms with Gasteiger partial charge in [-0.15, -0.1) is 0 Å². The van der Waals surface area contributed by atoms with Gasteiger partial charge in [0.1, 0.15) is 12.1 Å². The number of nitrogens with one attached hydrogen (secondary N) is 2. The standard InChI is InChI=1S/C24H31N5O6/c1-8-15(4)27-22(31)17-9-16(10-18(11-17)29(33)34)19-12-25-21(26-14(2)3)23(32)28(19)13-20(30)35-24(5,6)7/h9-12,14H,4,8,13H2,1-3,5-7H3,(H,25,26)(H,27,31). The highest BCUT2D eigenvalue weighted by Gasteiger charge is 2.23. The summed E-state index contributed by atoms with van der Waals surface area (Å²) >= 11 is 0. The molecule has 0 spiro atoms. The lowest BCUT2D eigenvalue weighted by atomic mass is 10.1. The van der Waals surface area contributed by atoms with Crippen molar-refractivity contribution >= 4 is 23.4 Å². The summed E-state index contributed by atoms with van der Waals surface area (Å²) in [4.78, 5) is 53.6. The van der Waals surface area contributed by atoms with Crippen molar-refractivity contribution in [2.75, 3.05) is 5.32 Å². The second-order valence-electron chi connectivity index (χ2n) is 9.21. The van der Waals surface area contributed by atoms with Crippen LogP contribution in [0, 0.1) is 10.1 Å². The number of nitro benzene ring substituents is 1. The molecule has 0 radical (unpaired) electrons. The van der Waals surface area contributed by atoms with Crippen LogP contribution in [0.15, 0.2) is 41.5 Å². The van der Waals surface area contributed by atoms with Gasteiger partial charge < -0.3 is 15.4 Å². The van der Waals surface area contributed by atoms with E-state index in [1.807, 2.05) is 13.8 Å². The average Bonchev–Trinajstić information content (AvgIpc) is 2.74. The van der Waals surface area contributed by atoms with Crippen molar-refractivity contribution in [1.29, 1.82) is 0 Å². The van der Waals surface area contributed by atoms with Crippen LogP contribution in [-0.2, 0) is 16.1 Å². The number of benzene rings is 1. The van der Waals surface area contributed by atoms with E-state index >= 15 is 0 Å². The van der Waals surface area contributed by atoms with Gasteiger partial charge in [-0.1, -0.05) is 13.5 Å². The van der Waals surface area contributed by atoms with E-state index in [2.05, 4.69) is 22.2 Å². The van der Waals surface area contributed by atoms with Crippen molar-refractivity contribution in [3.05, 3.63) is 62.7 Å². The van der Waals surface area contributed by atoms with E-state index < -0.39 is 34.5 Å². The monoisotopic (exact) mass is 485 g/mol. The van der Waals surface area contributed by atoms with Gasteiger partial charge in [-0.2, -0.15) is 0 Å². The number of rotatable bonds is 9. The van der Waals surface area contributed by atoms with Crippen LogP contribution in [-0.4, -0.2) is 38.0 Å². The van der Waals surface area contributed by atoms with E-state index in [1.54, 1.807) is 27.7 Å². The van der Waals surface area contributed by atoms with Crippen LogP contribution in [0.5, 0.6) is 0 Å². The molecular weight excluding hydrogens is 454 g/mol. The number of hydrogen-bond acceptors (Lipinski definition) is 8. The SMILES string of the molecule is C=C(CC)NC(=O)c1cc(-c2cnc(NC(C)C)c(=O)n2CC(=O)OC(C)(C)C)cc([N+](=O)[O-])c1. The summed E-state index contributed by atoms with van der Waals surface area (Å²) < 4.78 is 6.49. The highest BCUT2D eigenvalue weighted by molar-refractivity contribution is 5.97. The number of carbonyl (C=O) groups excluding carboxylic acids is 2. The van der Waals surface area contributed by atoms with Gasteiger partial charge in [0.2, 0.25) is 0 Å². The van der Waals surface area contributed by atoms with E-state index in [0.717, 1.165) is 10.6 Å². The molecule has 0 unspecified atom stereocenters. The number of hydrogen-bond donors (Lipinski definition) is 2. The number of aromatic nitrogens is 2. The highest BCUT2D eigenvalue weighted by Crippen LogP contribution is 2.26. The minimum atomic E-state index is -0.786. The first-order valence-electron chi connectivity index (χ1n) is 11.1. The third-order valence-corrected chi connectivity index (χ3v) is 4.59. The van der Waals surface area contributed by atoms with Gasteiger partial charge in [0, 0.05) is 35.0 Å². The molecule has 2 rings (SSSR count). The third-order valence-electron chi connectivity index (χ3n) is 4.59. The molecule has 0 aliphatic heterocycles. The molecule has 1 aromatic heterocycles. The summed E-state index contributed by atoms with van der Waals surface area (Å²) in [5, 5.41) is 17.1. The molecule has 35 heavy (non-hydrogen) atoms. The van der Waals surface area contributed by atoms with E-state index in [4.69, 9.17) is 4.74 Å². The number of allylic oxidation sites excluding steroid dienone is 1. The molecule has 0 atom stereocenters. The molecule has 1 amide bonds. The quantitative estimate of drug-likeness (QED) is 0.311. The van der Waals surface area contributed by atoms with Crippen LogP contribution in [0.25, 0.3) is 11.3 Å². The first-order chi connectivity index (χ1) is 16.2. The zero-order valence-electron chi connectivity index (χ0n) is 20.8. The Kier molecular flexibility index (Phi) is 8.51. The Bertz CT molecular complexity index is 1210. The fraction of sp³-hybridized carbons (Fsp3) is 0.417. The summed E-state index contributed by atoms with van der Waals surface area (Å²) in [6, 6.07) is 3.61. The molecule has 2 N–H and O–H groups in total. The van der Waals surface area contributed by atoms with Crippen LogP contribution in [0.3, 0.4) is 0 Å². The number of anilines is 1. The number of ether oxygens (including phenoxy) is 1. The first kappa shape index (κ1) is 27.2. The molecular formula is C24H31N5O6. The predicted molar refractivity (Wildman–Crippen MR) is 132 cm³/mol. The molecule has 188 valence electrons. The molecule has 1 heterocycles. The number of nitro groups is 1. The van der Waals surface area contributed by atoms with Crippen LogP contribution >= 0.6 is 0 Å². The van der Waals surface area contributed by atoms with Crippen molar-refractivity contribution < 1.29 is 19.2 Å². The third kappa shape index (κ3) is 7.49. The molecule has 0 fully saturated rings. The van der Waals surface area contributed by atoms with Gasteiger partial charge in [0.15, 0.2) is 5.82 Å². The van der Waals surface area contributed by atoms with Gasteiger partial charge >= 0.3 is 5.97 Å². The maximum Gasteiger partial charge on any atom is 0.326 e. The molecule has 0 bridgehead atoms. The number of nitrogens with zero attached hydrogens (tertiary/aromatic N) is 3. The molecule has 11 heteroatoms. The van der Waals surface area contributed by atoms with Gasteiger partial charge in [-0.3, -0.25) is 29.1 Å². The molecule has 0 saturated heterocycles. The number of esters is 1. The molecule has 0 aliphatic carbocycles. The van der Waals surface area contributed by atoms with Gasteiger partial charge in [-0.05, 0) is 47.1 Å². The van der Waals surface area contributed by atoms with Crippen LogP contribution in [0.2, 0.25) is 0 Å². The Morgan fingerprint density at radius 1 is 1.26 bits per heavy atom. The molecule has 0 saturated carbocycles. The second-order valence-corrected chi connectivity index (χ2v) is 9.21. The number of non-ortho nitro benzene ring substituents is 1. The Morgan fingerprint density at radius 2 is 1.91 bits per heavy atom. The summed E-state index contributed by atoms with van der Waals surface area (Å²) in [6.07, 6.45) is 1.80. The molecule has 0 aliphatic rings. The summed E-state index contributed by atoms with van der Waals surface area (Å²) in [6.45, 7) is 13.8. The topological polar surface area (TPSA) is 145 Å². The van der Waals surface area contributed by atoms with Gasteiger partial charge in [0.25, 0.3) is 17.2 Å².